The van der Waals surface area contributed by atoms with E-state index in [1.807, 2.05) is 29.9 Å². The number of hydrogen-bond acceptors (Lipinski definition) is 2. The van der Waals surface area contributed by atoms with E-state index in [-0.39, 0.29) is 6.04 Å². The molecule has 0 fully saturated rings. The first-order chi connectivity index (χ1) is 8.08. The second kappa shape index (κ2) is 4.98. The van der Waals surface area contributed by atoms with E-state index in [1.165, 1.54) is 0 Å². The molecule has 2 aromatic rings. The summed E-state index contributed by atoms with van der Waals surface area (Å²) in [4.78, 5) is 0. The smallest absolute Gasteiger partial charge is 0.0653 e. The molecule has 1 unspecified atom stereocenters. The van der Waals surface area contributed by atoms with E-state index >= 15 is 0 Å². The molecule has 1 aromatic carbocycles. The molecule has 3 nitrogen and oxygen atoms in total. The van der Waals surface area contributed by atoms with Gasteiger partial charge in [0.05, 0.1) is 21.8 Å². The molecule has 0 aliphatic carbocycles. The van der Waals surface area contributed by atoms with Gasteiger partial charge in [0.15, 0.2) is 0 Å². The van der Waals surface area contributed by atoms with E-state index in [1.54, 1.807) is 12.3 Å². The van der Waals surface area contributed by atoms with Crippen molar-refractivity contribution in [2.75, 3.05) is 5.32 Å². The van der Waals surface area contributed by atoms with Crippen molar-refractivity contribution in [1.29, 1.82) is 0 Å². The van der Waals surface area contributed by atoms with Crippen LogP contribution in [0.2, 0.25) is 10.0 Å². The number of anilines is 1. The molecule has 0 spiro atoms. The lowest BCUT2D eigenvalue weighted by atomic mass is 10.2. The van der Waals surface area contributed by atoms with Crippen molar-refractivity contribution in [3.63, 3.8) is 0 Å². The molecule has 0 saturated heterocycles. The zero-order valence-corrected chi connectivity index (χ0v) is 11.1. The Labute approximate surface area is 110 Å². The second-order valence-corrected chi connectivity index (χ2v) is 4.69. The van der Waals surface area contributed by atoms with Gasteiger partial charge in [-0.2, -0.15) is 5.10 Å². The maximum absolute atomic E-state index is 5.96. The molecule has 1 N–H and O–H groups in total. The molecule has 17 heavy (non-hydrogen) atoms. The molecule has 90 valence electrons. The molecule has 0 saturated carbocycles. The van der Waals surface area contributed by atoms with Gasteiger partial charge in [0.2, 0.25) is 0 Å². The first-order valence-corrected chi connectivity index (χ1v) is 6.03. The molecule has 0 amide bonds. The summed E-state index contributed by atoms with van der Waals surface area (Å²) in [6.07, 6.45) is 1.78. The van der Waals surface area contributed by atoms with Crippen molar-refractivity contribution in [2.45, 2.75) is 13.0 Å². The van der Waals surface area contributed by atoms with Gasteiger partial charge in [-0.25, -0.2) is 0 Å². The van der Waals surface area contributed by atoms with Gasteiger partial charge in [-0.15, -0.1) is 0 Å². The Morgan fingerprint density at radius 2 is 2.00 bits per heavy atom. The highest BCUT2D eigenvalue weighted by Gasteiger charge is 2.09. The molecule has 0 aliphatic heterocycles. The zero-order valence-electron chi connectivity index (χ0n) is 9.61. The van der Waals surface area contributed by atoms with Gasteiger partial charge >= 0.3 is 0 Å². The monoisotopic (exact) mass is 269 g/mol. The van der Waals surface area contributed by atoms with Crippen LogP contribution < -0.4 is 5.32 Å². The molecular weight excluding hydrogens is 257 g/mol. The van der Waals surface area contributed by atoms with Crippen molar-refractivity contribution in [3.8, 4) is 0 Å². The minimum Gasteiger partial charge on any atom is -0.377 e. The van der Waals surface area contributed by atoms with Crippen molar-refractivity contribution in [1.82, 2.24) is 9.78 Å². The molecule has 1 heterocycles. The fraction of sp³-hybridized carbons (Fsp3) is 0.250. The Balaban J connectivity index is 2.16. The molecular formula is C12H13Cl2N3. The summed E-state index contributed by atoms with van der Waals surface area (Å²) in [7, 11) is 1.92. The fourth-order valence-electron chi connectivity index (χ4n) is 1.72. The third-order valence-electron chi connectivity index (χ3n) is 2.61. The molecule has 1 atom stereocenters. The van der Waals surface area contributed by atoms with E-state index in [0.29, 0.717) is 10.0 Å². The Hall–Kier alpha value is -1.19. The van der Waals surface area contributed by atoms with E-state index in [0.717, 1.165) is 11.4 Å². The van der Waals surface area contributed by atoms with Crippen LogP contribution in [0.25, 0.3) is 0 Å². The molecule has 0 radical (unpaired) electrons. The van der Waals surface area contributed by atoms with Crippen LogP contribution >= 0.6 is 23.2 Å². The van der Waals surface area contributed by atoms with Crippen molar-refractivity contribution in [3.05, 3.63) is 46.2 Å². The minimum absolute atomic E-state index is 0.153. The first kappa shape index (κ1) is 12.3. The quantitative estimate of drug-likeness (QED) is 0.916. The summed E-state index contributed by atoms with van der Waals surface area (Å²) in [5.41, 5.74) is 2.05. The lowest BCUT2D eigenvalue weighted by molar-refractivity contribution is 0.676. The average Bonchev–Trinajstić information content (AvgIpc) is 2.70. The summed E-state index contributed by atoms with van der Waals surface area (Å²) in [6, 6.07) is 7.63. The van der Waals surface area contributed by atoms with Gasteiger partial charge in [-0.05, 0) is 31.2 Å². The highest BCUT2D eigenvalue weighted by atomic mass is 35.5. The van der Waals surface area contributed by atoms with Crippen LogP contribution in [0.3, 0.4) is 0 Å². The van der Waals surface area contributed by atoms with Crippen molar-refractivity contribution >= 4 is 28.9 Å². The number of nitrogens with one attached hydrogen (secondary N) is 1. The highest BCUT2D eigenvalue weighted by molar-refractivity contribution is 6.42. The van der Waals surface area contributed by atoms with E-state index in [4.69, 9.17) is 23.2 Å². The van der Waals surface area contributed by atoms with Crippen LogP contribution in [0.15, 0.2) is 30.5 Å². The SMILES string of the molecule is CC(Nc1ccc(Cl)c(Cl)c1)c1ccnn1C. The van der Waals surface area contributed by atoms with Gasteiger partial charge in [0.25, 0.3) is 0 Å². The Bertz CT molecular complexity index is 522. The lowest BCUT2D eigenvalue weighted by Crippen LogP contribution is -2.11. The summed E-state index contributed by atoms with van der Waals surface area (Å²) < 4.78 is 1.84. The maximum atomic E-state index is 5.96. The number of aromatic nitrogens is 2. The Kier molecular flexibility index (Phi) is 3.60. The number of halogens is 2. The van der Waals surface area contributed by atoms with Crippen LogP contribution in [0, 0.1) is 0 Å². The van der Waals surface area contributed by atoms with Gasteiger partial charge in [0.1, 0.15) is 0 Å². The van der Waals surface area contributed by atoms with E-state index < -0.39 is 0 Å². The summed E-state index contributed by atoms with van der Waals surface area (Å²) in [5, 5.41) is 8.60. The molecule has 2 rings (SSSR count). The number of nitrogens with zero attached hydrogens (tertiary/aromatic N) is 2. The van der Waals surface area contributed by atoms with Crippen molar-refractivity contribution < 1.29 is 0 Å². The highest BCUT2D eigenvalue weighted by Crippen LogP contribution is 2.27. The number of aryl methyl sites for hydroxylation is 1. The van der Waals surface area contributed by atoms with Gasteiger partial charge in [-0.1, -0.05) is 23.2 Å². The Morgan fingerprint density at radius 3 is 2.59 bits per heavy atom. The lowest BCUT2D eigenvalue weighted by Gasteiger charge is -2.16. The molecule has 0 bridgehead atoms. The Morgan fingerprint density at radius 1 is 1.24 bits per heavy atom. The zero-order chi connectivity index (χ0) is 12.4. The average molecular weight is 270 g/mol. The normalized spacial score (nSPS) is 12.5. The predicted molar refractivity (Wildman–Crippen MR) is 71.7 cm³/mol. The summed E-state index contributed by atoms with van der Waals surface area (Å²) in [6.45, 7) is 2.07. The predicted octanol–water partition coefficient (Wildman–Crippen LogP) is 3.90. The van der Waals surface area contributed by atoms with E-state index in [2.05, 4.69) is 17.3 Å². The minimum atomic E-state index is 0.153. The summed E-state index contributed by atoms with van der Waals surface area (Å²) in [5.74, 6) is 0. The number of benzene rings is 1. The molecule has 5 heteroatoms. The van der Waals surface area contributed by atoms with Crippen LogP contribution in [-0.2, 0) is 7.05 Å². The van der Waals surface area contributed by atoms with Gasteiger partial charge in [0, 0.05) is 18.9 Å². The van der Waals surface area contributed by atoms with E-state index in [9.17, 15) is 0 Å². The third-order valence-corrected chi connectivity index (χ3v) is 3.34. The number of hydrogen-bond donors (Lipinski definition) is 1. The van der Waals surface area contributed by atoms with Crippen LogP contribution in [0.1, 0.15) is 18.7 Å². The number of rotatable bonds is 3. The summed E-state index contributed by atoms with van der Waals surface area (Å²) >= 11 is 11.8. The first-order valence-electron chi connectivity index (χ1n) is 5.27. The van der Waals surface area contributed by atoms with Gasteiger partial charge < -0.3 is 5.32 Å². The van der Waals surface area contributed by atoms with Gasteiger partial charge in [-0.3, -0.25) is 4.68 Å². The maximum Gasteiger partial charge on any atom is 0.0653 e. The third kappa shape index (κ3) is 2.73. The second-order valence-electron chi connectivity index (χ2n) is 3.87. The molecule has 0 aliphatic rings. The molecule has 1 aromatic heterocycles. The largest absolute Gasteiger partial charge is 0.377 e. The van der Waals surface area contributed by atoms with Crippen LogP contribution in [0.4, 0.5) is 5.69 Å². The standard InChI is InChI=1S/C12H13Cl2N3/c1-8(12-5-6-15-17(12)2)16-9-3-4-10(13)11(14)7-9/h3-8,16H,1-2H3. The van der Waals surface area contributed by atoms with Crippen LogP contribution in [-0.4, -0.2) is 9.78 Å². The van der Waals surface area contributed by atoms with Crippen molar-refractivity contribution in [2.24, 2.45) is 7.05 Å². The fourth-order valence-corrected chi connectivity index (χ4v) is 2.02. The topological polar surface area (TPSA) is 29.9 Å². The van der Waals surface area contributed by atoms with Crippen LogP contribution in [0.5, 0.6) is 0 Å².